The molecular weight excluding hydrogens is 395 g/mol. The number of carbonyl (C=O) groups is 1. The van der Waals surface area contributed by atoms with E-state index < -0.39 is 11.8 Å². The van der Waals surface area contributed by atoms with Crippen LogP contribution in [0.5, 0.6) is 0 Å². The Kier molecular flexibility index (Phi) is 5.17. The molecule has 9 heteroatoms. The molecule has 0 fully saturated rings. The molecule has 0 aliphatic carbocycles. The summed E-state index contributed by atoms with van der Waals surface area (Å²) in [5.41, 5.74) is 2.31. The minimum absolute atomic E-state index is 0.00987. The molecule has 0 radical (unpaired) electrons. The summed E-state index contributed by atoms with van der Waals surface area (Å²) in [6.45, 7) is 0. The van der Waals surface area contributed by atoms with E-state index in [0.29, 0.717) is 17.2 Å². The molecule has 2 heterocycles. The van der Waals surface area contributed by atoms with E-state index in [0.717, 1.165) is 22.7 Å². The van der Waals surface area contributed by atoms with E-state index in [-0.39, 0.29) is 5.02 Å². The number of carbonyl (C=O) groups excluding carboxylic acids is 1. The largest absolute Gasteiger partial charge is 0.323 e. The molecule has 7 nitrogen and oxygen atoms in total. The predicted molar refractivity (Wildman–Crippen MR) is 111 cm³/mol. The molecule has 4 aromatic rings. The maximum Gasteiger partial charge on any atom is 0.323 e. The van der Waals surface area contributed by atoms with Crippen molar-refractivity contribution in [3.05, 3.63) is 77.2 Å². The normalized spacial score (nSPS) is 11.1. The van der Waals surface area contributed by atoms with Gasteiger partial charge in [-0.2, -0.15) is 5.10 Å². The van der Waals surface area contributed by atoms with E-state index in [4.69, 9.17) is 11.6 Å². The fraction of sp³-hybridized carbons (Fsp3) is 0. The molecule has 0 saturated heterocycles. The molecule has 2 aromatic heterocycles. The highest BCUT2D eigenvalue weighted by molar-refractivity contribution is 6.30. The number of hydrogen-bond donors (Lipinski definition) is 3. The number of nitrogens with one attached hydrogen (secondary N) is 3. The van der Waals surface area contributed by atoms with Gasteiger partial charge >= 0.3 is 6.03 Å². The van der Waals surface area contributed by atoms with Gasteiger partial charge in [-0.25, -0.2) is 19.2 Å². The third kappa shape index (κ3) is 4.39. The van der Waals surface area contributed by atoms with Gasteiger partial charge in [0.15, 0.2) is 5.82 Å². The Balaban J connectivity index is 1.47. The highest BCUT2D eigenvalue weighted by Crippen LogP contribution is 2.22. The maximum absolute atomic E-state index is 13.5. The third-order valence-electron chi connectivity index (χ3n) is 4.00. The molecule has 0 atom stereocenters. The molecule has 4 rings (SSSR count). The summed E-state index contributed by atoms with van der Waals surface area (Å²) in [5, 5.41) is 13.3. The van der Waals surface area contributed by atoms with Crippen LogP contribution in [-0.2, 0) is 0 Å². The topological polar surface area (TPSA) is 95.6 Å². The first-order valence-corrected chi connectivity index (χ1v) is 8.92. The quantitative estimate of drug-likeness (QED) is 0.444. The molecule has 0 bridgehead atoms. The average Bonchev–Trinajstić information content (AvgIpc) is 3.12. The van der Waals surface area contributed by atoms with E-state index in [1.54, 1.807) is 36.7 Å². The number of urea groups is 1. The van der Waals surface area contributed by atoms with Crippen molar-refractivity contribution in [1.82, 2.24) is 20.2 Å². The van der Waals surface area contributed by atoms with E-state index >= 15 is 0 Å². The Labute approximate surface area is 169 Å². The van der Waals surface area contributed by atoms with Crippen molar-refractivity contribution in [2.24, 2.45) is 0 Å². The number of rotatable bonds is 4. The molecule has 2 amide bonds. The first kappa shape index (κ1) is 18.6. The van der Waals surface area contributed by atoms with Gasteiger partial charge in [0.1, 0.15) is 5.82 Å². The summed E-state index contributed by atoms with van der Waals surface area (Å²) in [5.74, 6) is -0.0259. The summed E-state index contributed by atoms with van der Waals surface area (Å²) >= 11 is 5.64. The Hall–Kier alpha value is -3.78. The zero-order valence-corrected chi connectivity index (χ0v) is 15.6. The molecule has 0 saturated carbocycles. The van der Waals surface area contributed by atoms with Crippen molar-refractivity contribution in [3.63, 3.8) is 0 Å². The number of hydrogen-bond acceptors (Lipinski definition) is 4. The predicted octanol–water partition coefficient (Wildman–Crippen LogP) is 4.96. The lowest BCUT2D eigenvalue weighted by Crippen LogP contribution is -2.19. The van der Waals surface area contributed by atoms with Gasteiger partial charge in [-0.15, -0.1) is 0 Å². The lowest BCUT2D eigenvalue weighted by molar-refractivity contribution is 0.262. The van der Waals surface area contributed by atoms with Crippen LogP contribution in [0, 0.1) is 5.82 Å². The van der Waals surface area contributed by atoms with E-state index in [2.05, 4.69) is 30.8 Å². The monoisotopic (exact) mass is 408 g/mol. The molecule has 144 valence electrons. The molecule has 0 aliphatic rings. The molecule has 3 N–H and O–H groups in total. The van der Waals surface area contributed by atoms with Crippen molar-refractivity contribution in [2.45, 2.75) is 0 Å². The van der Waals surface area contributed by atoms with Crippen LogP contribution in [0.1, 0.15) is 11.5 Å². The van der Waals surface area contributed by atoms with E-state index in [1.165, 1.54) is 12.1 Å². The minimum Gasteiger partial charge on any atom is -0.308 e. The molecular formula is C20H14ClFN6O. The molecule has 0 unspecified atom stereocenters. The minimum atomic E-state index is -0.607. The zero-order valence-electron chi connectivity index (χ0n) is 14.9. The SMILES string of the molecule is O=C(Nc1ccc(Cl)c(F)c1)Nc1ccc2c(/C=C/c3ncccn3)n[nH]c2c1. The highest BCUT2D eigenvalue weighted by atomic mass is 35.5. The first-order valence-electron chi connectivity index (χ1n) is 8.55. The molecule has 29 heavy (non-hydrogen) atoms. The lowest BCUT2D eigenvalue weighted by Gasteiger charge is -2.08. The van der Waals surface area contributed by atoms with Crippen molar-refractivity contribution < 1.29 is 9.18 Å². The highest BCUT2D eigenvalue weighted by Gasteiger charge is 2.08. The number of H-pyrrole nitrogens is 1. The summed E-state index contributed by atoms with van der Waals surface area (Å²) < 4.78 is 13.5. The standard InChI is InChI=1S/C20H14ClFN6O/c21-15-5-3-12(10-16(15)22)25-20(29)26-13-2-4-14-17(27-28-18(14)11-13)6-7-19-23-8-1-9-24-19/h1-11H,(H,27,28)(H2,25,26,29)/b7-6+. The summed E-state index contributed by atoms with van der Waals surface area (Å²) in [4.78, 5) is 20.4. The van der Waals surface area contributed by atoms with Crippen molar-refractivity contribution in [1.29, 1.82) is 0 Å². The van der Waals surface area contributed by atoms with Gasteiger partial charge < -0.3 is 10.6 Å². The maximum atomic E-state index is 13.5. The fourth-order valence-electron chi connectivity index (χ4n) is 2.66. The number of halogens is 2. The van der Waals surface area contributed by atoms with Gasteiger partial charge in [-0.3, -0.25) is 5.10 Å². The third-order valence-corrected chi connectivity index (χ3v) is 4.31. The second-order valence-corrected chi connectivity index (χ2v) is 6.42. The number of fused-ring (bicyclic) bond motifs is 1. The Bertz CT molecular complexity index is 1210. The molecule has 0 aliphatic heterocycles. The Morgan fingerprint density at radius 3 is 2.52 bits per heavy atom. The van der Waals surface area contributed by atoms with Crippen molar-refractivity contribution in [3.8, 4) is 0 Å². The van der Waals surface area contributed by atoms with E-state index in [9.17, 15) is 9.18 Å². The number of amides is 2. The van der Waals surface area contributed by atoms with Gasteiger partial charge in [0.05, 0.1) is 16.2 Å². The van der Waals surface area contributed by atoms with Gasteiger partial charge in [0.25, 0.3) is 0 Å². The number of aromatic nitrogens is 4. The van der Waals surface area contributed by atoms with Gasteiger partial charge in [0.2, 0.25) is 0 Å². The molecule has 2 aromatic carbocycles. The van der Waals surface area contributed by atoms with Gasteiger partial charge in [-0.1, -0.05) is 11.6 Å². The van der Waals surface area contributed by atoms with Crippen LogP contribution >= 0.6 is 11.6 Å². The Morgan fingerprint density at radius 2 is 1.76 bits per heavy atom. The number of nitrogens with zero attached hydrogens (tertiary/aromatic N) is 3. The first-order chi connectivity index (χ1) is 14.1. The second kappa shape index (κ2) is 8.07. The average molecular weight is 409 g/mol. The summed E-state index contributed by atoms with van der Waals surface area (Å²) in [7, 11) is 0. The molecule has 0 spiro atoms. The fourth-order valence-corrected chi connectivity index (χ4v) is 2.78. The summed E-state index contributed by atoms with van der Waals surface area (Å²) in [6, 6.07) is 10.6. The van der Waals surface area contributed by atoms with Crippen LogP contribution in [0.4, 0.5) is 20.6 Å². The zero-order chi connectivity index (χ0) is 20.2. The lowest BCUT2D eigenvalue weighted by atomic mass is 10.2. The van der Waals surface area contributed by atoms with Crippen LogP contribution in [0.3, 0.4) is 0 Å². The van der Waals surface area contributed by atoms with Gasteiger partial charge in [0, 0.05) is 29.2 Å². The van der Waals surface area contributed by atoms with Gasteiger partial charge in [-0.05, 0) is 54.6 Å². The number of aromatic amines is 1. The number of anilines is 2. The van der Waals surface area contributed by atoms with Crippen LogP contribution in [-0.4, -0.2) is 26.2 Å². The van der Waals surface area contributed by atoms with Crippen LogP contribution in [0.25, 0.3) is 23.1 Å². The summed E-state index contributed by atoms with van der Waals surface area (Å²) in [6.07, 6.45) is 6.90. The van der Waals surface area contributed by atoms with Crippen molar-refractivity contribution >= 4 is 52.1 Å². The smallest absolute Gasteiger partial charge is 0.308 e. The van der Waals surface area contributed by atoms with Crippen LogP contribution in [0.15, 0.2) is 54.9 Å². The van der Waals surface area contributed by atoms with Crippen LogP contribution < -0.4 is 10.6 Å². The number of benzene rings is 2. The van der Waals surface area contributed by atoms with Crippen molar-refractivity contribution in [2.75, 3.05) is 10.6 Å². The Morgan fingerprint density at radius 1 is 1.03 bits per heavy atom. The van der Waals surface area contributed by atoms with Crippen LogP contribution in [0.2, 0.25) is 5.02 Å². The van der Waals surface area contributed by atoms with E-state index in [1.807, 2.05) is 12.1 Å². The second-order valence-electron chi connectivity index (χ2n) is 6.02.